The second-order valence-corrected chi connectivity index (χ2v) is 3.46. The fourth-order valence-electron chi connectivity index (χ4n) is 1.37. The fourth-order valence-corrected chi connectivity index (χ4v) is 1.37. The van der Waals surface area contributed by atoms with Gasteiger partial charge in [-0.3, -0.25) is 0 Å². The van der Waals surface area contributed by atoms with E-state index in [9.17, 15) is 0 Å². The molecule has 0 spiro atoms. The molecule has 0 aliphatic carbocycles. The van der Waals surface area contributed by atoms with E-state index >= 15 is 0 Å². The first-order chi connectivity index (χ1) is 8.81. The predicted octanol–water partition coefficient (Wildman–Crippen LogP) is 2.22. The molecule has 0 unspecified atom stereocenters. The van der Waals surface area contributed by atoms with Gasteiger partial charge < -0.3 is 0 Å². The van der Waals surface area contributed by atoms with Crippen LogP contribution in [0.5, 0.6) is 0 Å². The lowest BCUT2D eigenvalue weighted by molar-refractivity contribution is 1.23. The number of rotatable bonds is 0. The Balaban J connectivity index is 2.32. The minimum atomic E-state index is 0.340. The molecule has 1 heterocycles. The van der Waals surface area contributed by atoms with Gasteiger partial charge in [-0.2, -0.15) is 10.5 Å². The minimum Gasteiger partial charge on any atom is -0.229 e. The second-order valence-electron chi connectivity index (χ2n) is 3.46. The fraction of sp³-hybridized carbons (Fsp3) is 0. The van der Waals surface area contributed by atoms with E-state index in [1.54, 1.807) is 36.4 Å². The molecule has 2 aromatic rings. The Morgan fingerprint density at radius 1 is 0.778 bits per heavy atom. The molecule has 82 valence electrons. The molecule has 0 aliphatic rings. The molecule has 3 nitrogen and oxygen atoms in total. The highest BCUT2D eigenvalue weighted by Gasteiger charge is 1.93. The summed E-state index contributed by atoms with van der Waals surface area (Å²) in [5.41, 5.74) is 2.20. The quantitative estimate of drug-likeness (QED) is 0.651. The molecule has 0 fully saturated rings. The largest absolute Gasteiger partial charge is 0.229 e. The van der Waals surface area contributed by atoms with E-state index in [0.29, 0.717) is 17.0 Å². The highest BCUT2D eigenvalue weighted by atomic mass is 14.7. The average Bonchev–Trinajstić information content (AvgIpc) is 2.45. The molecule has 1 aromatic heterocycles. The van der Waals surface area contributed by atoms with E-state index in [4.69, 9.17) is 10.5 Å². The Hall–Kier alpha value is -3.09. The van der Waals surface area contributed by atoms with E-state index < -0.39 is 0 Å². The van der Waals surface area contributed by atoms with E-state index in [1.807, 2.05) is 12.1 Å². The third kappa shape index (κ3) is 2.73. The van der Waals surface area contributed by atoms with E-state index in [1.165, 1.54) is 0 Å². The number of pyridine rings is 1. The third-order valence-corrected chi connectivity index (χ3v) is 2.19. The van der Waals surface area contributed by atoms with Gasteiger partial charge in [0.25, 0.3) is 0 Å². The minimum absolute atomic E-state index is 0.340. The lowest BCUT2D eigenvalue weighted by Gasteiger charge is -1.91. The average molecular weight is 229 g/mol. The van der Waals surface area contributed by atoms with Crippen molar-refractivity contribution < 1.29 is 0 Å². The van der Waals surface area contributed by atoms with E-state index in [2.05, 4.69) is 22.9 Å². The van der Waals surface area contributed by atoms with Crippen molar-refractivity contribution in [1.29, 1.82) is 10.5 Å². The van der Waals surface area contributed by atoms with Crippen LogP contribution < -0.4 is 0 Å². The lowest BCUT2D eigenvalue weighted by atomic mass is 10.1. The molecular formula is C15H7N3. The molecule has 2 rings (SSSR count). The van der Waals surface area contributed by atoms with Gasteiger partial charge in [-0.15, -0.1) is 0 Å². The van der Waals surface area contributed by atoms with Gasteiger partial charge in [0, 0.05) is 5.56 Å². The van der Waals surface area contributed by atoms with Gasteiger partial charge in [0.05, 0.1) is 11.6 Å². The molecule has 18 heavy (non-hydrogen) atoms. The molecule has 0 bridgehead atoms. The van der Waals surface area contributed by atoms with E-state index in [-0.39, 0.29) is 0 Å². The van der Waals surface area contributed by atoms with E-state index in [0.717, 1.165) is 5.56 Å². The van der Waals surface area contributed by atoms with Gasteiger partial charge in [0.1, 0.15) is 17.5 Å². The van der Waals surface area contributed by atoms with Gasteiger partial charge in [0.15, 0.2) is 0 Å². The Labute approximate surface area is 105 Å². The monoisotopic (exact) mass is 229 g/mol. The molecule has 0 saturated carbocycles. The van der Waals surface area contributed by atoms with Crippen molar-refractivity contribution in [2.45, 2.75) is 0 Å². The second kappa shape index (κ2) is 5.30. The molecule has 0 N–H and O–H groups in total. The van der Waals surface area contributed by atoms with Gasteiger partial charge in [-0.25, -0.2) is 4.98 Å². The summed E-state index contributed by atoms with van der Waals surface area (Å²) in [6.07, 6.45) is 0. The summed E-state index contributed by atoms with van der Waals surface area (Å²) >= 11 is 0. The maximum atomic E-state index is 8.77. The molecule has 0 radical (unpaired) electrons. The molecule has 0 saturated heterocycles. The summed E-state index contributed by atoms with van der Waals surface area (Å²) in [7, 11) is 0. The van der Waals surface area contributed by atoms with Gasteiger partial charge >= 0.3 is 0 Å². The Kier molecular flexibility index (Phi) is 3.36. The van der Waals surface area contributed by atoms with Crippen molar-refractivity contribution in [3.8, 4) is 24.0 Å². The molecule has 3 heteroatoms. The number of nitriles is 2. The van der Waals surface area contributed by atoms with Gasteiger partial charge in [-0.05, 0) is 36.3 Å². The maximum Gasteiger partial charge on any atom is 0.141 e. The standard InChI is InChI=1S/C15H7N3/c16-10-13-4-1-3-12(9-13)7-8-14-5-2-6-15(11-17)18-14/h1-6,9H. The first-order valence-corrected chi connectivity index (χ1v) is 5.21. The highest BCUT2D eigenvalue weighted by Crippen LogP contribution is 2.03. The van der Waals surface area contributed by atoms with Crippen LogP contribution in [0.2, 0.25) is 0 Å². The van der Waals surface area contributed by atoms with Crippen LogP contribution in [0.1, 0.15) is 22.5 Å². The maximum absolute atomic E-state index is 8.77. The first kappa shape index (κ1) is 11.4. The number of hydrogen-bond donors (Lipinski definition) is 0. The number of benzene rings is 1. The SMILES string of the molecule is N#Cc1cccc(C#Cc2cccc(C#N)n2)c1. The zero-order chi connectivity index (χ0) is 12.8. The molecule has 0 amide bonds. The van der Waals surface area contributed by atoms with Crippen molar-refractivity contribution in [3.05, 3.63) is 65.0 Å². The van der Waals surface area contributed by atoms with Crippen LogP contribution in [-0.2, 0) is 0 Å². The molecule has 1 aromatic carbocycles. The zero-order valence-electron chi connectivity index (χ0n) is 9.38. The number of hydrogen-bond acceptors (Lipinski definition) is 3. The van der Waals surface area contributed by atoms with Gasteiger partial charge in [0.2, 0.25) is 0 Å². The van der Waals surface area contributed by atoms with Crippen molar-refractivity contribution in [3.63, 3.8) is 0 Å². The topological polar surface area (TPSA) is 60.5 Å². The normalized spacial score (nSPS) is 8.56. The van der Waals surface area contributed by atoms with Crippen LogP contribution in [0.15, 0.2) is 42.5 Å². The summed E-state index contributed by atoms with van der Waals surface area (Å²) in [4.78, 5) is 4.05. The number of aromatic nitrogens is 1. The zero-order valence-corrected chi connectivity index (χ0v) is 9.38. The van der Waals surface area contributed by atoms with Crippen molar-refractivity contribution in [2.75, 3.05) is 0 Å². The predicted molar refractivity (Wildman–Crippen MR) is 66.1 cm³/mol. The molecular weight excluding hydrogens is 222 g/mol. The summed E-state index contributed by atoms with van der Waals surface area (Å²) < 4.78 is 0. The summed E-state index contributed by atoms with van der Waals surface area (Å²) in [5.74, 6) is 5.78. The summed E-state index contributed by atoms with van der Waals surface area (Å²) in [6.45, 7) is 0. The third-order valence-electron chi connectivity index (χ3n) is 2.19. The van der Waals surface area contributed by atoms with Crippen LogP contribution in [0.25, 0.3) is 0 Å². The van der Waals surface area contributed by atoms with Crippen LogP contribution in [0, 0.1) is 34.5 Å². The first-order valence-electron chi connectivity index (χ1n) is 5.21. The summed E-state index contributed by atoms with van der Waals surface area (Å²) in [6, 6.07) is 16.2. The van der Waals surface area contributed by atoms with Crippen LogP contribution in [-0.4, -0.2) is 4.98 Å². The van der Waals surface area contributed by atoms with Crippen LogP contribution in [0.3, 0.4) is 0 Å². The van der Waals surface area contributed by atoms with Crippen LogP contribution >= 0.6 is 0 Å². The van der Waals surface area contributed by atoms with Crippen molar-refractivity contribution >= 4 is 0 Å². The Morgan fingerprint density at radius 3 is 2.28 bits per heavy atom. The number of nitrogens with zero attached hydrogens (tertiary/aromatic N) is 3. The lowest BCUT2D eigenvalue weighted by Crippen LogP contribution is -1.86. The summed E-state index contributed by atoms with van der Waals surface area (Å²) in [5, 5.41) is 17.5. The van der Waals surface area contributed by atoms with Crippen LogP contribution in [0.4, 0.5) is 0 Å². The smallest absolute Gasteiger partial charge is 0.141 e. The van der Waals surface area contributed by atoms with Crippen molar-refractivity contribution in [1.82, 2.24) is 4.98 Å². The Morgan fingerprint density at radius 2 is 1.50 bits per heavy atom. The van der Waals surface area contributed by atoms with Crippen molar-refractivity contribution in [2.24, 2.45) is 0 Å². The Bertz CT molecular complexity index is 660. The molecule has 0 atom stereocenters. The molecule has 0 aliphatic heterocycles. The van der Waals surface area contributed by atoms with Gasteiger partial charge in [-0.1, -0.05) is 18.1 Å². The highest BCUT2D eigenvalue weighted by molar-refractivity contribution is 5.44.